The molecule has 0 bridgehead atoms. The molecule has 0 amide bonds. The maximum atomic E-state index is 11.2. The first-order valence-electron chi connectivity index (χ1n) is 4.86. The van der Waals surface area contributed by atoms with E-state index in [9.17, 15) is 9.90 Å². The summed E-state index contributed by atoms with van der Waals surface area (Å²) in [5, 5.41) is 18.5. The molecule has 0 fully saturated rings. The first-order chi connectivity index (χ1) is 7.15. The third-order valence-corrected chi connectivity index (χ3v) is 2.60. The number of aliphatic hydroxyl groups excluding tert-OH is 1. The van der Waals surface area contributed by atoms with E-state index >= 15 is 0 Å². The van der Waals surface area contributed by atoms with Gasteiger partial charge in [-0.05, 0) is 23.6 Å². The fourth-order valence-corrected chi connectivity index (χ4v) is 1.85. The summed E-state index contributed by atoms with van der Waals surface area (Å²) in [5.41, 5.74) is 0.973. The molecule has 78 valence electrons. The number of carbonyl (C=O) groups excluding carboxylic acids is 1. The maximum Gasteiger partial charge on any atom is 0.159 e. The highest BCUT2D eigenvalue weighted by Crippen LogP contribution is 2.30. The SMILES string of the molecule is O=C1C=C(O)C[C@H](c2ccc(O)cc2)C1. The Labute approximate surface area is 87.7 Å². The average molecular weight is 204 g/mol. The van der Waals surface area contributed by atoms with Crippen molar-refractivity contribution < 1.29 is 15.0 Å². The molecular weight excluding hydrogens is 192 g/mol. The van der Waals surface area contributed by atoms with Gasteiger partial charge in [0.2, 0.25) is 0 Å². The second-order valence-corrected chi connectivity index (χ2v) is 3.80. The molecule has 1 aromatic carbocycles. The average Bonchev–Trinajstić information content (AvgIpc) is 2.17. The molecule has 1 atom stereocenters. The molecule has 1 aliphatic rings. The van der Waals surface area contributed by atoms with Crippen molar-refractivity contribution >= 4 is 5.78 Å². The highest BCUT2D eigenvalue weighted by Gasteiger charge is 2.21. The first kappa shape index (κ1) is 9.77. The number of hydrogen-bond donors (Lipinski definition) is 2. The van der Waals surface area contributed by atoms with Crippen molar-refractivity contribution in [3.8, 4) is 5.75 Å². The largest absolute Gasteiger partial charge is 0.512 e. The van der Waals surface area contributed by atoms with Gasteiger partial charge in [-0.25, -0.2) is 0 Å². The lowest BCUT2D eigenvalue weighted by atomic mass is 9.86. The first-order valence-corrected chi connectivity index (χ1v) is 4.86. The number of hydrogen-bond acceptors (Lipinski definition) is 3. The molecule has 0 aromatic heterocycles. The van der Waals surface area contributed by atoms with Crippen LogP contribution in [0.3, 0.4) is 0 Å². The van der Waals surface area contributed by atoms with E-state index in [1.165, 1.54) is 6.08 Å². The Hall–Kier alpha value is -1.77. The quantitative estimate of drug-likeness (QED) is 0.737. The summed E-state index contributed by atoms with van der Waals surface area (Å²) in [6.45, 7) is 0. The van der Waals surface area contributed by atoms with E-state index < -0.39 is 0 Å². The molecule has 1 aliphatic carbocycles. The molecule has 15 heavy (non-hydrogen) atoms. The van der Waals surface area contributed by atoms with Crippen molar-refractivity contribution in [2.45, 2.75) is 18.8 Å². The minimum atomic E-state index is -0.0446. The highest BCUT2D eigenvalue weighted by molar-refractivity contribution is 5.91. The number of allylic oxidation sites excluding steroid dienone is 2. The number of ketones is 1. The van der Waals surface area contributed by atoms with Crippen LogP contribution in [0.25, 0.3) is 0 Å². The molecule has 2 N–H and O–H groups in total. The van der Waals surface area contributed by atoms with Crippen LogP contribution >= 0.6 is 0 Å². The third-order valence-electron chi connectivity index (χ3n) is 2.60. The number of rotatable bonds is 1. The van der Waals surface area contributed by atoms with Gasteiger partial charge in [0.1, 0.15) is 5.75 Å². The number of aromatic hydroxyl groups is 1. The van der Waals surface area contributed by atoms with Crippen LogP contribution < -0.4 is 0 Å². The van der Waals surface area contributed by atoms with Crippen molar-refractivity contribution in [1.29, 1.82) is 0 Å². The van der Waals surface area contributed by atoms with Crippen LogP contribution in [0.5, 0.6) is 5.75 Å². The van der Waals surface area contributed by atoms with Gasteiger partial charge in [-0.1, -0.05) is 12.1 Å². The van der Waals surface area contributed by atoms with E-state index in [4.69, 9.17) is 5.11 Å². The number of phenols is 1. The zero-order valence-electron chi connectivity index (χ0n) is 8.18. The van der Waals surface area contributed by atoms with Gasteiger partial charge in [0, 0.05) is 18.9 Å². The summed E-state index contributed by atoms with van der Waals surface area (Å²) < 4.78 is 0. The summed E-state index contributed by atoms with van der Waals surface area (Å²) in [4.78, 5) is 11.2. The van der Waals surface area contributed by atoms with Crippen LogP contribution in [0.4, 0.5) is 0 Å². The van der Waals surface area contributed by atoms with Crippen LogP contribution in [0.15, 0.2) is 36.1 Å². The zero-order valence-corrected chi connectivity index (χ0v) is 8.18. The fourth-order valence-electron chi connectivity index (χ4n) is 1.85. The molecule has 0 aliphatic heterocycles. The van der Waals surface area contributed by atoms with Crippen LogP contribution in [0.1, 0.15) is 24.3 Å². The molecule has 0 spiro atoms. The Morgan fingerprint density at radius 1 is 1.07 bits per heavy atom. The third kappa shape index (κ3) is 2.18. The van der Waals surface area contributed by atoms with E-state index in [0.29, 0.717) is 12.8 Å². The molecule has 0 saturated carbocycles. The number of benzene rings is 1. The fraction of sp³-hybridized carbons (Fsp3) is 0.250. The van der Waals surface area contributed by atoms with Gasteiger partial charge in [0.05, 0.1) is 5.76 Å². The Morgan fingerprint density at radius 3 is 2.33 bits per heavy atom. The molecule has 0 saturated heterocycles. The molecule has 0 radical (unpaired) electrons. The summed E-state index contributed by atoms with van der Waals surface area (Å²) in [5.74, 6) is 0.338. The highest BCUT2D eigenvalue weighted by atomic mass is 16.3. The van der Waals surface area contributed by atoms with Gasteiger partial charge in [-0.15, -0.1) is 0 Å². The van der Waals surface area contributed by atoms with E-state index in [1.54, 1.807) is 24.3 Å². The Bertz CT molecular complexity index is 403. The van der Waals surface area contributed by atoms with Gasteiger partial charge < -0.3 is 10.2 Å². The molecular formula is C12H12O3. The molecule has 3 nitrogen and oxygen atoms in total. The zero-order chi connectivity index (χ0) is 10.8. The van der Waals surface area contributed by atoms with E-state index in [-0.39, 0.29) is 23.2 Å². The number of carbonyl (C=O) groups is 1. The topological polar surface area (TPSA) is 57.5 Å². The van der Waals surface area contributed by atoms with Gasteiger partial charge in [0.25, 0.3) is 0 Å². The van der Waals surface area contributed by atoms with Crippen LogP contribution in [-0.2, 0) is 4.79 Å². The predicted octanol–water partition coefficient (Wildman–Crippen LogP) is 2.28. The lowest BCUT2D eigenvalue weighted by Crippen LogP contribution is -2.12. The number of aliphatic hydroxyl groups is 1. The monoisotopic (exact) mass is 204 g/mol. The van der Waals surface area contributed by atoms with E-state index in [2.05, 4.69) is 0 Å². The lowest BCUT2D eigenvalue weighted by Gasteiger charge is -2.19. The molecule has 0 unspecified atom stereocenters. The Kier molecular flexibility index (Phi) is 2.46. The van der Waals surface area contributed by atoms with Crippen LogP contribution in [0.2, 0.25) is 0 Å². The van der Waals surface area contributed by atoms with Crippen LogP contribution in [-0.4, -0.2) is 16.0 Å². The normalized spacial score (nSPS) is 21.2. The molecule has 2 rings (SSSR count). The summed E-state index contributed by atoms with van der Waals surface area (Å²) >= 11 is 0. The summed E-state index contributed by atoms with van der Waals surface area (Å²) in [6.07, 6.45) is 2.21. The Morgan fingerprint density at radius 2 is 1.73 bits per heavy atom. The maximum absolute atomic E-state index is 11.2. The molecule has 3 heteroatoms. The van der Waals surface area contributed by atoms with Gasteiger partial charge in [-0.3, -0.25) is 4.79 Å². The van der Waals surface area contributed by atoms with Gasteiger partial charge in [0.15, 0.2) is 5.78 Å². The van der Waals surface area contributed by atoms with Crippen molar-refractivity contribution in [2.24, 2.45) is 0 Å². The second-order valence-electron chi connectivity index (χ2n) is 3.80. The summed E-state index contributed by atoms with van der Waals surface area (Å²) in [7, 11) is 0. The van der Waals surface area contributed by atoms with Crippen molar-refractivity contribution in [3.05, 3.63) is 41.7 Å². The van der Waals surface area contributed by atoms with E-state index in [0.717, 1.165) is 5.56 Å². The predicted molar refractivity (Wildman–Crippen MR) is 55.8 cm³/mol. The van der Waals surface area contributed by atoms with E-state index in [1.807, 2.05) is 0 Å². The van der Waals surface area contributed by atoms with Gasteiger partial charge >= 0.3 is 0 Å². The van der Waals surface area contributed by atoms with Crippen molar-refractivity contribution in [2.75, 3.05) is 0 Å². The standard InChI is InChI=1S/C12H12O3/c13-10-3-1-8(2-4-10)9-5-11(14)7-12(15)6-9/h1-4,7,9,13-14H,5-6H2/t9-/m0/s1. The van der Waals surface area contributed by atoms with Gasteiger partial charge in [-0.2, -0.15) is 0 Å². The Balaban J connectivity index is 2.22. The smallest absolute Gasteiger partial charge is 0.159 e. The number of phenolic OH excluding ortho intramolecular Hbond substituents is 1. The summed E-state index contributed by atoms with van der Waals surface area (Å²) in [6, 6.07) is 6.75. The van der Waals surface area contributed by atoms with Crippen molar-refractivity contribution in [3.63, 3.8) is 0 Å². The second kappa shape index (κ2) is 3.77. The van der Waals surface area contributed by atoms with Crippen LogP contribution in [0, 0.1) is 0 Å². The molecule has 1 aromatic rings. The minimum absolute atomic E-state index is 0.0306. The molecule has 0 heterocycles. The lowest BCUT2D eigenvalue weighted by molar-refractivity contribution is -0.115. The van der Waals surface area contributed by atoms with Crippen molar-refractivity contribution in [1.82, 2.24) is 0 Å². The minimum Gasteiger partial charge on any atom is -0.512 e.